The Bertz CT molecular complexity index is 540. The number of carbonyl (C=O) groups is 1. The minimum Gasteiger partial charge on any atom is -0.367 e. The van der Waals surface area contributed by atoms with Crippen molar-refractivity contribution in [2.24, 2.45) is 5.41 Å². The zero-order chi connectivity index (χ0) is 17.0. The highest BCUT2D eigenvalue weighted by Gasteiger charge is 2.22. The molecule has 0 aromatic carbocycles. The first-order valence-corrected chi connectivity index (χ1v) is 8.32. The van der Waals surface area contributed by atoms with Gasteiger partial charge in [-0.1, -0.05) is 20.8 Å². The molecule has 1 aliphatic heterocycles. The van der Waals surface area contributed by atoms with Crippen LogP contribution < -0.4 is 10.2 Å². The molecular formula is C17H29N5O. The van der Waals surface area contributed by atoms with E-state index < -0.39 is 0 Å². The van der Waals surface area contributed by atoms with Gasteiger partial charge >= 0.3 is 0 Å². The van der Waals surface area contributed by atoms with Crippen LogP contribution in [0.15, 0.2) is 12.4 Å². The zero-order valence-electron chi connectivity index (χ0n) is 15.0. The predicted molar refractivity (Wildman–Crippen MR) is 93.7 cm³/mol. The van der Waals surface area contributed by atoms with E-state index in [0.29, 0.717) is 18.0 Å². The average molecular weight is 319 g/mol. The number of carbonyl (C=O) groups excluding carboxylic acids is 1. The lowest BCUT2D eigenvalue weighted by molar-refractivity contribution is -0.129. The number of piperazine rings is 1. The van der Waals surface area contributed by atoms with Gasteiger partial charge in [-0.2, -0.15) is 0 Å². The number of hydrogen-bond donors (Lipinski definition) is 1. The number of rotatable bonds is 5. The Morgan fingerprint density at radius 1 is 1.30 bits per heavy atom. The highest BCUT2D eigenvalue weighted by molar-refractivity contribution is 5.82. The summed E-state index contributed by atoms with van der Waals surface area (Å²) >= 11 is 0. The average Bonchev–Trinajstić information content (AvgIpc) is 2.48. The summed E-state index contributed by atoms with van der Waals surface area (Å²) in [7, 11) is 1.84. The second-order valence-corrected chi connectivity index (χ2v) is 7.64. The number of hydrogen-bond acceptors (Lipinski definition) is 5. The van der Waals surface area contributed by atoms with Crippen molar-refractivity contribution in [1.82, 2.24) is 14.9 Å². The van der Waals surface area contributed by atoms with Gasteiger partial charge in [-0.05, 0) is 25.2 Å². The standard InChI is InChI=1S/C17H29N5O/c1-13(6-7-17(2,3)4)20-14-10-15(19-12-18-14)22-9-8-21(5)16(23)11-22/h10,12-13H,6-9,11H2,1-5H3,(H,18,19,20). The van der Waals surface area contributed by atoms with Crippen LogP contribution in [-0.4, -0.2) is 53.5 Å². The van der Waals surface area contributed by atoms with Gasteiger partial charge in [0.05, 0.1) is 6.54 Å². The van der Waals surface area contributed by atoms with Crippen LogP contribution in [0.25, 0.3) is 0 Å². The third-order valence-electron chi connectivity index (χ3n) is 4.16. The number of amides is 1. The smallest absolute Gasteiger partial charge is 0.241 e. The van der Waals surface area contributed by atoms with E-state index in [-0.39, 0.29) is 5.91 Å². The maximum Gasteiger partial charge on any atom is 0.241 e. The molecule has 128 valence electrons. The number of nitrogens with one attached hydrogen (secondary N) is 1. The molecule has 1 aliphatic rings. The van der Waals surface area contributed by atoms with Gasteiger partial charge in [0.15, 0.2) is 0 Å². The summed E-state index contributed by atoms with van der Waals surface area (Å²) in [4.78, 5) is 24.2. The van der Waals surface area contributed by atoms with E-state index >= 15 is 0 Å². The molecule has 1 saturated heterocycles. The van der Waals surface area contributed by atoms with Crippen molar-refractivity contribution < 1.29 is 4.79 Å². The summed E-state index contributed by atoms with van der Waals surface area (Å²) in [6.45, 7) is 10.9. The Morgan fingerprint density at radius 3 is 2.70 bits per heavy atom. The molecule has 1 unspecified atom stereocenters. The van der Waals surface area contributed by atoms with Crippen LogP contribution in [0.1, 0.15) is 40.5 Å². The molecule has 1 atom stereocenters. The van der Waals surface area contributed by atoms with Gasteiger partial charge in [-0.25, -0.2) is 9.97 Å². The van der Waals surface area contributed by atoms with Crippen LogP contribution >= 0.6 is 0 Å². The molecule has 1 aromatic rings. The molecule has 6 heteroatoms. The molecule has 0 saturated carbocycles. The molecule has 0 radical (unpaired) electrons. The SMILES string of the molecule is CC(CCC(C)(C)C)Nc1cc(N2CCN(C)C(=O)C2)ncn1. The molecule has 0 aliphatic carbocycles. The number of nitrogens with zero attached hydrogens (tertiary/aromatic N) is 4. The maximum absolute atomic E-state index is 11.8. The first kappa shape index (κ1) is 17.5. The topological polar surface area (TPSA) is 61.4 Å². The van der Waals surface area contributed by atoms with Crippen molar-refractivity contribution in [1.29, 1.82) is 0 Å². The number of anilines is 2. The van der Waals surface area contributed by atoms with Crippen molar-refractivity contribution in [2.45, 2.75) is 46.6 Å². The summed E-state index contributed by atoms with van der Waals surface area (Å²) < 4.78 is 0. The van der Waals surface area contributed by atoms with E-state index in [1.165, 1.54) is 0 Å². The van der Waals surface area contributed by atoms with Crippen molar-refractivity contribution >= 4 is 17.5 Å². The molecule has 0 bridgehead atoms. The van der Waals surface area contributed by atoms with Crippen molar-refractivity contribution in [2.75, 3.05) is 36.9 Å². The molecule has 1 fully saturated rings. The molecule has 1 aromatic heterocycles. The number of likely N-dealkylation sites (N-methyl/N-ethyl adjacent to an activating group) is 1. The quantitative estimate of drug-likeness (QED) is 0.903. The molecule has 23 heavy (non-hydrogen) atoms. The molecular weight excluding hydrogens is 290 g/mol. The summed E-state index contributed by atoms with van der Waals surface area (Å²) in [6, 6.07) is 2.29. The lowest BCUT2D eigenvalue weighted by atomic mass is 9.89. The Hall–Kier alpha value is -1.85. The van der Waals surface area contributed by atoms with Gasteiger partial charge in [0, 0.05) is 32.2 Å². The maximum atomic E-state index is 11.8. The third-order valence-corrected chi connectivity index (χ3v) is 4.16. The monoisotopic (exact) mass is 319 g/mol. The Balaban J connectivity index is 1.96. The number of aromatic nitrogens is 2. The van der Waals surface area contributed by atoms with E-state index in [0.717, 1.165) is 37.6 Å². The van der Waals surface area contributed by atoms with E-state index in [2.05, 4.69) is 43.0 Å². The van der Waals surface area contributed by atoms with Crippen LogP contribution in [0.4, 0.5) is 11.6 Å². The Kier molecular flexibility index (Phi) is 5.44. The minimum absolute atomic E-state index is 0.128. The highest BCUT2D eigenvalue weighted by atomic mass is 16.2. The van der Waals surface area contributed by atoms with Gasteiger partial charge in [0.2, 0.25) is 5.91 Å². The normalized spacial score (nSPS) is 17.3. The van der Waals surface area contributed by atoms with Gasteiger partial charge in [-0.15, -0.1) is 0 Å². The zero-order valence-corrected chi connectivity index (χ0v) is 15.0. The van der Waals surface area contributed by atoms with Crippen LogP contribution in [-0.2, 0) is 4.79 Å². The molecule has 0 spiro atoms. The second kappa shape index (κ2) is 7.15. The van der Waals surface area contributed by atoms with E-state index in [1.54, 1.807) is 11.2 Å². The van der Waals surface area contributed by atoms with Crippen LogP contribution in [0, 0.1) is 5.41 Å². The minimum atomic E-state index is 0.128. The predicted octanol–water partition coefficient (Wildman–Crippen LogP) is 2.38. The fraction of sp³-hybridized carbons (Fsp3) is 0.706. The molecule has 1 N–H and O–H groups in total. The lowest BCUT2D eigenvalue weighted by Crippen LogP contribution is -2.48. The van der Waals surface area contributed by atoms with Crippen molar-refractivity contribution in [3.8, 4) is 0 Å². The van der Waals surface area contributed by atoms with Crippen LogP contribution in [0.3, 0.4) is 0 Å². The van der Waals surface area contributed by atoms with E-state index in [1.807, 2.05) is 18.0 Å². The van der Waals surface area contributed by atoms with Gasteiger partial charge in [0.1, 0.15) is 18.0 Å². The van der Waals surface area contributed by atoms with Crippen LogP contribution in [0.5, 0.6) is 0 Å². The summed E-state index contributed by atoms with van der Waals surface area (Å²) in [6.07, 6.45) is 3.82. The molecule has 1 amide bonds. The third kappa shape index (κ3) is 5.37. The largest absolute Gasteiger partial charge is 0.367 e. The second-order valence-electron chi connectivity index (χ2n) is 7.64. The fourth-order valence-corrected chi connectivity index (χ4v) is 2.53. The van der Waals surface area contributed by atoms with E-state index in [9.17, 15) is 4.79 Å². The Labute approximate surface area is 139 Å². The molecule has 2 heterocycles. The van der Waals surface area contributed by atoms with Gasteiger partial charge in [0.25, 0.3) is 0 Å². The molecule has 6 nitrogen and oxygen atoms in total. The molecule has 2 rings (SSSR count). The van der Waals surface area contributed by atoms with Gasteiger partial charge < -0.3 is 15.1 Å². The fourth-order valence-electron chi connectivity index (χ4n) is 2.53. The van der Waals surface area contributed by atoms with Gasteiger partial charge in [-0.3, -0.25) is 4.79 Å². The summed E-state index contributed by atoms with van der Waals surface area (Å²) in [5, 5.41) is 3.44. The van der Waals surface area contributed by atoms with Crippen molar-refractivity contribution in [3.05, 3.63) is 12.4 Å². The lowest BCUT2D eigenvalue weighted by Gasteiger charge is -2.32. The first-order chi connectivity index (χ1) is 10.7. The highest BCUT2D eigenvalue weighted by Crippen LogP contribution is 2.23. The summed E-state index contributed by atoms with van der Waals surface area (Å²) in [5.74, 6) is 1.76. The van der Waals surface area contributed by atoms with E-state index in [4.69, 9.17) is 0 Å². The first-order valence-electron chi connectivity index (χ1n) is 8.32. The van der Waals surface area contributed by atoms with Crippen LogP contribution in [0.2, 0.25) is 0 Å². The Morgan fingerprint density at radius 2 is 2.04 bits per heavy atom. The van der Waals surface area contributed by atoms with Crippen molar-refractivity contribution in [3.63, 3.8) is 0 Å². The summed E-state index contributed by atoms with van der Waals surface area (Å²) in [5.41, 5.74) is 0.340.